The minimum absolute atomic E-state index is 0.181. The molecule has 0 N–H and O–H groups in total. The number of rotatable bonds is 3. The summed E-state index contributed by atoms with van der Waals surface area (Å²) in [6.45, 7) is 7.76. The second-order valence-corrected chi connectivity index (χ2v) is 5.64. The Labute approximate surface area is 108 Å². The molecular formula is C13H20ClN3. The normalized spacial score (nSPS) is 18.7. The summed E-state index contributed by atoms with van der Waals surface area (Å²) in [5.41, 5.74) is 1.28. The number of aromatic nitrogens is 2. The number of nitrogens with zero attached hydrogens (tertiary/aromatic N) is 3. The monoisotopic (exact) mass is 253 g/mol. The van der Waals surface area contributed by atoms with Crippen LogP contribution in [0.1, 0.15) is 45.6 Å². The highest BCUT2D eigenvalue weighted by molar-refractivity contribution is 6.30. The molecule has 1 saturated heterocycles. The van der Waals surface area contributed by atoms with Crippen LogP contribution in [0.3, 0.4) is 0 Å². The third kappa shape index (κ3) is 2.39. The van der Waals surface area contributed by atoms with Crippen molar-refractivity contribution in [1.82, 2.24) is 9.97 Å². The van der Waals surface area contributed by atoms with Gasteiger partial charge in [-0.25, -0.2) is 9.97 Å². The highest BCUT2D eigenvalue weighted by Crippen LogP contribution is 2.35. The molecule has 0 radical (unpaired) electrons. The first-order chi connectivity index (χ1) is 8.06. The van der Waals surface area contributed by atoms with E-state index in [-0.39, 0.29) is 5.54 Å². The van der Waals surface area contributed by atoms with Gasteiger partial charge in [-0.2, -0.15) is 0 Å². The van der Waals surface area contributed by atoms with Gasteiger partial charge in [0.15, 0.2) is 0 Å². The molecule has 0 aliphatic carbocycles. The second kappa shape index (κ2) is 4.81. The van der Waals surface area contributed by atoms with Crippen molar-refractivity contribution in [2.24, 2.45) is 0 Å². The van der Waals surface area contributed by atoms with Crippen LogP contribution < -0.4 is 4.90 Å². The fourth-order valence-electron chi connectivity index (χ4n) is 2.58. The van der Waals surface area contributed by atoms with E-state index >= 15 is 0 Å². The van der Waals surface area contributed by atoms with Gasteiger partial charge in [-0.15, -0.1) is 0 Å². The molecule has 1 aromatic rings. The summed E-state index contributed by atoms with van der Waals surface area (Å²) >= 11 is 6.20. The van der Waals surface area contributed by atoms with E-state index in [9.17, 15) is 0 Å². The van der Waals surface area contributed by atoms with Crippen molar-refractivity contribution in [3.8, 4) is 0 Å². The Morgan fingerprint density at radius 3 is 2.76 bits per heavy atom. The summed E-state index contributed by atoms with van der Waals surface area (Å²) in [5, 5.41) is 0.611. The molecule has 0 amide bonds. The number of halogens is 1. The van der Waals surface area contributed by atoms with E-state index < -0.39 is 0 Å². The Balaban J connectivity index is 2.41. The minimum atomic E-state index is 0.181. The highest BCUT2D eigenvalue weighted by Gasteiger charge is 2.34. The Kier molecular flexibility index (Phi) is 3.57. The molecule has 3 nitrogen and oxygen atoms in total. The molecule has 1 aliphatic rings. The van der Waals surface area contributed by atoms with E-state index in [1.165, 1.54) is 12.8 Å². The molecule has 0 saturated carbocycles. The first kappa shape index (κ1) is 12.6. The first-order valence-electron chi connectivity index (χ1n) is 6.33. The lowest BCUT2D eigenvalue weighted by atomic mass is 10.0. The average Bonchev–Trinajstić information content (AvgIpc) is 2.61. The van der Waals surface area contributed by atoms with E-state index in [0.29, 0.717) is 5.15 Å². The van der Waals surface area contributed by atoms with Crippen LogP contribution in [0, 0.1) is 0 Å². The lowest BCUT2D eigenvalue weighted by Crippen LogP contribution is -2.39. The van der Waals surface area contributed by atoms with E-state index in [0.717, 1.165) is 30.8 Å². The van der Waals surface area contributed by atoms with Crippen LogP contribution in [0.5, 0.6) is 0 Å². The van der Waals surface area contributed by atoms with Crippen LogP contribution in [0.4, 0.5) is 5.82 Å². The van der Waals surface area contributed by atoms with Gasteiger partial charge in [0, 0.05) is 17.6 Å². The molecule has 2 rings (SSSR count). The molecule has 0 atom stereocenters. The Bertz CT molecular complexity index is 404. The fraction of sp³-hybridized carbons (Fsp3) is 0.692. The van der Waals surface area contributed by atoms with Crippen LogP contribution in [0.15, 0.2) is 6.33 Å². The van der Waals surface area contributed by atoms with Crippen LogP contribution in [0.25, 0.3) is 0 Å². The Morgan fingerprint density at radius 1 is 1.41 bits per heavy atom. The summed E-state index contributed by atoms with van der Waals surface area (Å²) in [6.07, 6.45) is 6.02. The maximum absolute atomic E-state index is 6.20. The molecule has 2 heterocycles. The van der Waals surface area contributed by atoms with Crippen molar-refractivity contribution in [2.45, 2.75) is 52.0 Å². The lowest BCUT2D eigenvalue weighted by Gasteiger charge is -2.34. The first-order valence-corrected chi connectivity index (χ1v) is 6.71. The number of hydrogen-bond donors (Lipinski definition) is 0. The Hall–Kier alpha value is -0.830. The average molecular weight is 254 g/mol. The second-order valence-electron chi connectivity index (χ2n) is 5.28. The molecule has 0 unspecified atom stereocenters. The van der Waals surface area contributed by atoms with Crippen LogP contribution in [-0.4, -0.2) is 22.1 Å². The molecule has 4 heteroatoms. The van der Waals surface area contributed by atoms with Gasteiger partial charge in [-0.3, -0.25) is 0 Å². The Morgan fingerprint density at radius 2 is 2.18 bits per heavy atom. The van der Waals surface area contributed by atoms with E-state index in [1.807, 2.05) is 0 Å². The van der Waals surface area contributed by atoms with Gasteiger partial charge in [-0.05, 0) is 33.1 Å². The van der Waals surface area contributed by atoms with Crippen LogP contribution in [0.2, 0.25) is 5.15 Å². The van der Waals surface area contributed by atoms with E-state index in [1.54, 1.807) is 6.33 Å². The lowest BCUT2D eigenvalue weighted by molar-refractivity contribution is 0.512. The summed E-state index contributed by atoms with van der Waals surface area (Å²) in [5.74, 6) is 1.04. The summed E-state index contributed by atoms with van der Waals surface area (Å²) < 4.78 is 0. The third-order valence-corrected chi connectivity index (χ3v) is 3.85. The molecule has 1 aliphatic heterocycles. The molecule has 94 valence electrons. The predicted molar refractivity (Wildman–Crippen MR) is 71.7 cm³/mol. The molecule has 0 bridgehead atoms. The molecular weight excluding hydrogens is 234 g/mol. The zero-order valence-electron chi connectivity index (χ0n) is 10.8. The maximum Gasteiger partial charge on any atom is 0.137 e. The largest absolute Gasteiger partial charge is 0.351 e. The molecule has 1 fully saturated rings. The predicted octanol–water partition coefficient (Wildman–Crippen LogP) is 3.46. The standard InChI is InChI=1S/C13H20ClN3/c1-4-6-10-11(14)15-9-16-12(10)17-8-5-7-13(17,2)3/h9H,4-8H2,1-3H3. The third-order valence-electron chi connectivity index (χ3n) is 3.53. The highest BCUT2D eigenvalue weighted by atomic mass is 35.5. The van der Waals surface area contributed by atoms with Gasteiger partial charge in [0.2, 0.25) is 0 Å². The summed E-state index contributed by atoms with van der Waals surface area (Å²) in [6, 6.07) is 0. The van der Waals surface area contributed by atoms with Crippen LogP contribution >= 0.6 is 11.6 Å². The van der Waals surface area contributed by atoms with Gasteiger partial charge < -0.3 is 4.90 Å². The SMILES string of the molecule is CCCc1c(Cl)ncnc1N1CCCC1(C)C. The van der Waals surface area contributed by atoms with Gasteiger partial charge in [-0.1, -0.05) is 24.9 Å². The smallest absolute Gasteiger partial charge is 0.137 e. The van der Waals surface area contributed by atoms with Crippen molar-refractivity contribution in [1.29, 1.82) is 0 Å². The molecule has 1 aromatic heterocycles. The van der Waals surface area contributed by atoms with Gasteiger partial charge >= 0.3 is 0 Å². The van der Waals surface area contributed by atoms with Crippen molar-refractivity contribution >= 4 is 17.4 Å². The zero-order chi connectivity index (χ0) is 12.5. The quantitative estimate of drug-likeness (QED) is 0.773. The van der Waals surface area contributed by atoms with Crippen molar-refractivity contribution < 1.29 is 0 Å². The number of hydrogen-bond acceptors (Lipinski definition) is 3. The summed E-state index contributed by atoms with van der Waals surface area (Å²) in [7, 11) is 0. The van der Waals surface area contributed by atoms with E-state index in [2.05, 4.69) is 35.6 Å². The van der Waals surface area contributed by atoms with Crippen LogP contribution in [-0.2, 0) is 6.42 Å². The number of anilines is 1. The molecule has 0 spiro atoms. The topological polar surface area (TPSA) is 29.0 Å². The van der Waals surface area contributed by atoms with Crippen molar-refractivity contribution in [3.05, 3.63) is 17.0 Å². The molecule has 17 heavy (non-hydrogen) atoms. The molecule has 0 aromatic carbocycles. The van der Waals surface area contributed by atoms with Crippen molar-refractivity contribution in [2.75, 3.05) is 11.4 Å². The zero-order valence-corrected chi connectivity index (χ0v) is 11.6. The van der Waals surface area contributed by atoms with Gasteiger partial charge in [0.05, 0.1) is 0 Å². The van der Waals surface area contributed by atoms with E-state index in [4.69, 9.17) is 11.6 Å². The van der Waals surface area contributed by atoms with Crippen molar-refractivity contribution in [3.63, 3.8) is 0 Å². The van der Waals surface area contributed by atoms with Gasteiger partial charge in [0.1, 0.15) is 17.3 Å². The maximum atomic E-state index is 6.20. The van der Waals surface area contributed by atoms with Gasteiger partial charge in [0.25, 0.3) is 0 Å². The minimum Gasteiger partial charge on any atom is -0.351 e. The summed E-state index contributed by atoms with van der Waals surface area (Å²) in [4.78, 5) is 11.0. The fourth-order valence-corrected chi connectivity index (χ4v) is 2.80.